The lowest BCUT2D eigenvalue weighted by Gasteiger charge is -2.37. The second-order valence-corrected chi connectivity index (χ2v) is 12.7. The molecule has 0 saturated carbocycles. The number of aromatic nitrogens is 4. The second-order valence-electron chi connectivity index (χ2n) is 12.0. The molecule has 2 aromatic heterocycles. The Balaban J connectivity index is 1.38. The van der Waals surface area contributed by atoms with Gasteiger partial charge in [-0.15, -0.1) is 9.42 Å². The molecule has 1 saturated heterocycles. The molecule has 0 bridgehead atoms. The van der Waals surface area contributed by atoms with Crippen molar-refractivity contribution in [1.29, 1.82) is 0 Å². The van der Waals surface area contributed by atoms with Crippen LogP contribution in [-0.2, 0) is 24.2 Å². The van der Waals surface area contributed by atoms with Crippen LogP contribution in [0.1, 0.15) is 43.2 Å². The van der Waals surface area contributed by atoms with E-state index in [-0.39, 0.29) is 30.1 Å². The Bertz CT molecular complexity index is 1820. The first-order valence-corrected chi connectivity index (χ1v) is 17.0. The average molecular weight is 688 g/mol. The van der Waals surface area contributed by atoms with Crippen LogP contribution in [0.4, 0.5) is 5.95 Å². The van der Waals surface area contributed by atoms with Crippen molar-refractivity contribution in [3.63, 3.8) is 0 Å². The van der Waals surface area contributed by atoms with Gasteiger partial charge in [-0.3, -0.25) is 4.57 Å². The van der Waals surface area contributed by atoms with Crippen molar-refractivity contribution in [3.8, 4) is 17.4 Å². The summed E-state index contributed by atoms with van der Waals surface area (Å²) in [6, 6.07) is 25.0. The van der Waals surface area contributed by atoms with E-state index in [2.05, 4.69) is 20.3 Å². The van der Waals surface area contributed by atoms with Crippen LogP contribution in [0.25, 0.3) is 11.2 Å². The number of anilines is 1. The fourth-order valence-corrected chi connectivity index (χ4v) is 6.46. The molecule has 3 aromatic carbocycles. The lowest BCUT2D eigenvalue weighted by molar-refractivity contribution is -0.272. The maximum absolute atomic E-state index is 12.8. The third-order valence-corrected chi connectivity index (χ3v) is 8.86. The average Bonchev–Trinajstić information content (AvgIpc) is 3.72. The molecule has 5 aromatic rings. The van der Waals surface area contributed by atoms with E-state index in [1.807, 2.05) is 92.7 Å². The Kier molecular flexibility index (Phi) is 10.4. The Labute approximate surface area is 284 Å². The van der Waals surface area contributed by atoms with Gasteiger partial charge in [0.2, 0.25) is 5.95 Å². The van der Waals surface area contributed by atoms with Gasteiger partial charge < -0.3 is 29.4 Å². The van der Waals surface area contributed by atoms with E-state index in [1.165, 1.54) is 6.33 Å². The molecule has 6 rings (SSSR count). The summed E-state index contributed by atoms with van der Waals surface area (Å²) in [6.07, 6.45) is -0.764. The van der Waals surface area contributed by atoms with Crippen molar-refractivity contribution in [2.75, 3.05) is 32.7 Å². The first-order chi connectivity index (χ1) is 23.7. The molecular weight excluding hydrogens is 649 g/mol. The van der Waals surface area contributed by atoms with Crippen LogP contribution in [-0.4, -0.2) is 64.0 Å². The quantitative estimate of drug-likeness (QED) is 0.114. The summed E-state index contributed by atoms with van der Waals surface area (Å²) >= 11 is 0. The number of hydrogen-bond acceptors (Lipinski definition) is 11. The van der Waals surface area contributed by atoms with E-state index in [0.29, 0.717) is 24.0 Å². The summed E-state index contributed by atoms with van der Waals surface area (Å²) in [5.41, 5.74) is 1.67. The van der Waals surface area contributed by atoms with Crippen LogP contribution in [0.3, 0.4) is 0 Å². The van der Waals surface area contributed by atoms with Gasteiger partial charge in [0.15, 0.2) is 5.65 Å². The molecular formula is C35H38N5O8P. The van der Waals surface area contributed by atoms with Gasteiger partial charge in [0, 0.05) is 23.4 Å². The largest absolute Gasteiger partial charge is 0.857 e. The molecule has 3 heterocycles. The zero-order chi connectivity index (χ0) is 34.5. The Morgan fingerprint density at radius 2 is 1.59 bits per heavy atom. The van der Waals surface area contributed by atoms with Gasteiger partial charge in [-0.2, -0.15) is 4.98 Å². The van der Waals surface area contributed by atoms with Crippen LogP contribution in [0, 0.1) is 5.92 Å². The fraction of sp³-hybridized carbons (Fsp3) is 0.343. The summed E-state index contributed by atoms with van der Waals surface area (Å²) in [5.74, 6) is 1.33. The zero-order valence-corrected chi connectivity index (χ0v) is 28.4. The maximum atomic E-state index is 12.8. The van der Waals surface area contributed by atoms with Crippen molar-refractivity contribution in [2.24, 2.45) is 5.92 Å². The number of nitrogens with one attached hydrogen (secondary N) is 1. The van der Waals surface area contributed by atoms with Gasteiger partial charge in [-0.05, 0) is 46.9 Å². The van der Waals surface area contributed by atoms with Gasteiger partial charge >= 0.3 is 8.25 Å². The molecule has 0 radical (unpaired) electrons. The van der Waals surface area contributed by atoms with Crippen LogP contribution >= 0.6 is 8.25 Å². The predicted molar refractivity (Wildman–Crippen MR) is 180 cm³/mol. The molecule has 0 aliphatic carbocycles. The highest BCUT2D eigenvalue weighted by Crippen LogP contribution is 2.44. The van der Waals surface area contributed by atoms with Gasteiger partial charge in [-0.1, -0.05) is 68.4 Å². The fourth-order valence-electron chi connectivity index (χ4n) is 6.01. The van der Waals surface area contributed by atoms with Gasteiger partial charge in [0.1, 0.15) is 41.1 Å². The summed E-state index contributed by atoms with van der Waals surface area (Å²) in [4.78, 5) is 22.7. The Hall–Kier alpha value is -4.65. The number of ether oxygens (including phenoxy) is 4. The summed E-state index contributed by atoms with van der Waals surface area (Å²) in [6.45, 7) is 4.59. The van der Waals surface area contributed by atoms with Gasteiger partial charge in [0.05, 0.1) is 27.2 Å². The van der Waals surface area contributed by atoms with Gasteiger partial charge in [-0.25, -0.2) is 9.97 Å². The molecule has 14 heteroatoms. The third-order valence-electron chi connectivity index (χ3n) is 8.41. The minimum Gasteiger partial charge on any atom is -0.857 e. The number of hydrogen-bond donors (Lipinski definition) is 2. The van der Waals surface area contributed by atoms with Crippen LogP contribution in [0.2, 0.25) is 0 Å². The molecule has 0 spiro atoms. The molecule has 13 nitrogen and oxygen atoms in total. The SMILES string of the molecule is COc1ccc(C(OC[C@H]2O[C@@H](n3cnc4c([O-])nc(NCC(C)C)nc43)C[C@@H]2O[P+](=O)O)(c2ccccc2)c2ccc(OC)cc2)cc1. The van der Waals surface area contributed by atoms with Crippen molar-refractivity contribution in [3.05, 3.63) is 102 Å². The Morgan fingerprint density at radius 1 is 0.980 bits per heavy atom. The third kappa shape index (κ3) is 7.22. The van der Waals surface area contributed by atoms with Gasteiger partial charge in [0.25, 0.3) is 0 Å². The lowest BCUT2D eigenvalue weighted by atomic mass is 9.80. The van der Waals surface area contributed by atoms with E-state index < -0.39 is 38.2 Å². The maximum Gasteiger partial charge on any atom is 0.695 e. The summed E-state index contributed by atoms with van der Waals surface area (Å²) < 4.78 is 43.5. The summed E-state index contributed by atoms with van der Waals surface area (Å²) in [5, 5.41) is 15.9. The minimum atomic E-state index is -2.98. The molecule has 1 aliphatic rings. The van der Waals surface area contributed by atoms with Crippen LogP contribution in [0.5, 0.6) is 17.4 Å². The van der Waals surface area contributed by atoms with E-state index in [4.69, 9.17) is 23.5 Å². The van der Waals surface area contributed by atoms with E-state index in [0.717, 1.165) is 16.7 Å². The molecule has 1 aliphatic heterocycles. The van der Waals surface area contributed by atoms with E-state index in [9.17, 15) is 14.6 Å². The number of fused-ring (bicyclic) bond motifs is 1. The van der Waals surface area contributed by atoms with Crippen molar-refractivity contribution in [1.82, 2.24) is 19.5 Å². The second kappa shape index (κ2) is 14.9. The molecule has 0 amide bonds. The molecule has 1 fully saturated rings. The highest BCUT2D eigenvalue weighted by Gasteiger charge is 2.46. The monoisotopic (exact) mass is 687 g/mol. The lowest BCUT2D eigenvalue weighted by Crippen LogP contribution is -2.38. The predicted octanol–water partition coefficient (Wildman–Crippen LogP) is 5.32. The van der Waals surface area contributed by atoms with Crippen molar-refractivity contribution < 1.29 is 38.0 Å². The van der Waals surface area contributed by atoms with Crippen LogP contribution in [0.15, 0.2) is 85.2 Å². The van der Waals surface area contributed by atoms with Crippen molar-refractivity contribution in [2.45, 2.75) is 44.3 Å². The molecule has 1 unspecified atom stereocenters. The number of nitrogens with zero attached hydrogens (tertiary/aromatic N) is 4. The van der Waals surface area contributed by atoms with E-state index >= 15 is 0 Å². The topological polar surface area (TPSA) is 162 Å². The number of imidazole rings is 1. The first kappa shape index (κ1) is 34.2. The molecule has 4 atom stereocenters. The van der Waals surface area contributed by atoms with Crippen LogP contribution < -0.4 is 19.9 Å². The zero-order valence-electron chi connectivity index (χ0n) is 27.6. The molecule has 2 N–H and O–H groups in total. The molecule has 49 heavy (non-hydrogen) atoms. The minimum absolute atomic E-state index is 0.0487. The van der Waals surface area contributed by atoms with E-state index in [1.54, 1.807) is 18.8 Å². The summed E-state index contributed by atoms with van der Waals surface area (Å²) in [7, 11) is 0.238. The smallest absolute Gasteiger partial charge is 0.695 e. The normalized spacial score (nSPS) is 18.2. The molecule has 256 valence electrons. The first-order valence-electron chi connectivity index (χ1n) is 15.8. The highest BCUT2D eigenvalue weighted by atomic mass is 31.1. The standard InChI is InChI=1S/C35H38N5O8P/c1-22(2)19-36-34-38-32-31(33(41)39-34)37-21-40(32)30-18-28(48-49(42)43)29(47-30)20-46-35(23-8-6-5-7-9-23,24-10-14-26(44-3)15-11-24)25-12-16-27(45-4)17-13-25/h5-17,21-22,28-30H,18-20H2,1-4H3,(H2-,36,38,39,41,42,43)/t28-,29+,30+/m0/s1. The highest BCUT2D eigenvalue weighted by molar-refractivity contribution is 7.32. The number of methoxy groups -OCH3 is 2. The number of rotatable bonds is 14. The number of benzene rings is 3. The Morgan fingerprint density at radius 3 is 2.16 bits per heavy atom. The van der Waals surface area contributed by atoms with Crippen molar-refractivity contribution >= 4 is 25.4 Å².